The van der Waals surface area contributed by atoms with Crippen LogP contribution >= 0.6 is 0 Å². The molecule has 4 aromatic rings. The molecule has 1 N–H and O–H groups in total. The van der Waals surface area contributed by atoms with E-state index < -0.39 is 0 Å². The van der Waals surface area contributed by atoms with Gasteiger partial charge in [0, 0.05) is 28.4 Å². The van der Waals surface area contributed by atoms with Crippen molar-refractivity contribution in [2.24, 2.45) is 0 Å². The number of fused-ring (bicyclic) bond motifs is 1. The molecule has 0 aliphatic heterocycles. The van der Waals surface area contributed by atoms with E-state index in [0.29, 0.717) is 0 Å². The third kappa shape index (κ3) is 3.19. The molecule has 0 amide bonds. The number of nitrogens with one attached hydrogen (secondary N) is 1. The lowest BCUT2D eigenvalue weighted by molar-refractivity contribution is -0.109. The molecule has 3 aromatic carbocycles. The van der Waals surface area contributed by atoms with E-state index in [2.05, 4.69) is 72.6 Å². The minimum atomic E-state index is -0.119. The largest absolute Gasteiger partial charge is 0.357 e. The van der Waals surface area contributed by atoms with Gasteiger partial charge in [0.15, 0.2) is 0 Å². The number of aromatic nitrogens is 1. The second kappa shape index (κ2) is 7.63. The van der Waals surface area contributed by atoms with Gasteiger partial charge in [0.05, 0.1) is 0 Å². The quantitative estimate of drug-likeness (QED) is 0.421. The zero-order valence-electron chi connectivity index (χ0n) is 15.4. The Kier molecular flexibility index (Phi) is 4.88. The maximum absolute atomic E-state index is 11.9. The average Bonchev–Trinajstić information content (AvgIpc) is 3.10. The van der Waals surface area contributed by atoms with Crippen molar-refractivity contribution in [2.45, 2.75) is 25.2 Å². The molecule has 1 heterocycles. The van der Waals surface area contributed by atoms with E-state index in [1.807, 2.05) is 24.3 Å². The molecule has 0 aliphatic carbocycles. The first kappa shape index (κ1) is 17.3. The van der Waals surface area contributed by atoms with Gasteiger partial charge in [-0.05, 0) is 29.2 Å². The number of aldehydes is 1. The van der Waals surface area contributed by atoms with E-state index in [9.17, 15) is 4.79 Å². The summed E-state index contributed by atoms with van der Waals surface area (Å²) < 4.78 is 0. The molecule has 0 saturated heterocycles. The first-order valence-electron chi connectivity index (χ1n) is 9.49. The Balaban J connectivity index is 2.02. The zero-order chi connectivity index (χ0) is 18.6. The summed E-state index contributed by atoms with van der Waals surface area (Å²) in [5.74, 6) is -0.0603. The van der Waals surface area contributed by atoms with Crippen LogP contribution in [0.3, 0.4) is 0 Å². The standard InChI is InChI=1S/C25H23NO/c1-2-18(17-27)24-21-15-9-10-16-22(21)26-25(24)23(19-11-5-3-6-12-19)20-13-7-4-8-14-20/h3-18,23,26H,2H2,1H3/t18-/m0/s1. The minimum Gasteiger partial charge on any atom is -0.357 e. The molecule has 27 heavy (non-hydrogen) atoms. The smallest absolute Gasteiger partial charge is 0.127 e. The van der Waals surface area contributed by atoms with Crippen LogP contribution in [-0.4, -0.2) is 11.3 Å². The number of hydrogen-bond donors (Lipinski definition) is 1. The van der Waals surface area contributed by atoms with Gasteiger partial charge in [-0.15, -0.1) is 0 Å². The highest BCUT2D eigenvalue weighted by molar-refractivity contribution is 5.89. The Morgan fingerprint density at radius 1 is 0.815 bits per heavy atom. The molecule has 0 radical (unpaired) electrons. The van der Waals surface area contributed by atoms with Crippen LogP contribution in [0.1, 0.15) is 47.6 Å². The monoisotopic (exact) mass is 353 g/mol. The summed E-state index contributed by atoms with van der Waals surface area (Å²) in [7, 11) is 0. The summed E-state index contributed by atoms with van der Waals surface area (Å²) in [6.45, 7) is 2.07. The number of rotatable bonds is 6. The predicted molar refractivity (Wildman–Crippen MR) is 111 cm³/mol. The summed E-state index contributed by atoms with van der Waals surface area (Å²) in [5.41, 5.74) is 5.77. The molecule has 1 atom stereocenters. The van der Waals surface area contributed by atoms with Gasteiger partial charge >= 0.3 is 0 Å². The molecule has 1 aromatic heterocycles. The summed E-state index contributed by atoms with van der Waals surface area (Å²) in [5, 5.41) is 1.14. The third-order valence-corrected chi connectivity index (χ3v) is 5.31. The lowest BCUT2D eigenvalue weighted by atomic mass is 9.83. The van der Waals surface area contributed by atoms with E-state index in [1.54, 1.807) is 0 Å². The molecule has 0 unspecified atom stereocenters. The van der Waals surface area contributed by atoms with Crippen molar-refractivity contribution in [3.63, 3.8) is 0 Å². The normalized spacial score (nSPS) is 12.4. The molecular formula is C25H23NO. The van der Waals surface area contributed by atoms with Crippen LogP contribution in [0.2, 0.25) is 0 Å². The first-order chi connectivity index (χ1) is 13.3. The van der Waals surface area contributed by atoms with Gasteiger partial charge in [0.2, 0.25) is 0 Å². The van der Waals surface area contributed by atoms with E-state index >= 15 is 0 Å². The fraction of sp³-hybridized carbons (Fsp3) is 0.160. The Hall–Kier alpha value is -3.13. The maximum atomic E-state index is 11.9. The summed E-state index contributed by atoms with van der Waals surface area (Å²) in [4.78, 5) is 15.6. The van der Waals surface area contributed by atoms with Crippen LogP contribution in [0.25, 0.3) is 10.9 Å². The molecular weight excluding hydrogens is 330 g/mol. The predicted octanol–water partition coefficient (Wildman–Crippen LogP) is 6.04. The zero-order valence-corrected chi connectivity index (χ0v) is 15.4. The number of benzene rings is 3. The van der Waals surface area contributed by atoms with E-state index in [-0.39, 0.29) is 11.8 Å². The summed E-state index contributed by atoms with van der Waals surface area (Å²) in [6.07, 6.45) is 1.88. The number of para-hydroxylation sites is 1. The van der Waals surface area contributed by atoms with Crippen LogP contribution in [0.15, 0.2) is 84.9 Å². The van der Waals surface area contributed by atoms with Crippen LogP contribution in [0, 0.1) is 0 Å². The van der Waals surface area contributed by atoms with Crippen LogP contribution in [0.5, 0.6) is 0 Å². The molecule has 134 valence electrons. The van der Waals surface area contributed by atoms with Crippen molar-refractivity contribution in [1.82, 2.24) is 4.98 Å². The lowest BCUT2D eigenvalue weighted by Gasteiger charge is -2.21. The molecule has 2 heteroatoms. The minimum absolute atomic E-state index is 0.0591. The van der Waals surface area contributed by atoms with Crippen molar-refractivity contribution < 1.29 is 4.79 Å². The first-order valence-corrected chi connectivity index (χ1v) is 9.49. The molecule has 0 aliphatic rings. The van der Waals surface area contributed by atoms with Crippen LogP contribution < -0.4 is 0 Å². The van der Waals surface area contributed by atoms with E-state index in [4.69, 9.17) is 0 Å². The fourth-order valence-corrected chi connectivity index (χ4v) is 4.00. The molecule has 0 fully saturated rings. The van der Waals surface area contributed by atoms with Crippen molar-refractivity contribution in [2.75, 3.05) is 0 Å². The van der Waals surface area contributed by atoms with Crippen molar-refractivity contribution in [1.29, 1.82) is 0 Å². The Bertz CT molecular complexity index is 994. The van der Waals surface area contributed by atoms with Crippen molar-refractivity contribution in [3.05, 3.63) is 107 Å². The van der Waals surface area contributed by atoms with Gasteiger partial charge in [-0.1, -0.05) is 85.8 Å². The highest BCUT2D eigenvalue weighted by atomic mass is 16.1. The number of H-pyrrole nitrogens is 1. The van der Waals surface area contributed by atoms with Gasteiger partial charge in [-0.25, -0.2) is 0 Å². The summed E-state index contributed by atoms with van der Waals surface area (Å²) in [6, 6.07) is 29.3. The maximum Gasteiger partial charge on any atom is 0.127 e. The van der Waals surface area contributed by atoms with Gasteiger partial charge in [0.25, 0.3) is 0 Å². The second-order valence-corrected chi connectivity index (χ2v) is 6.90. The summed E-state index contributed by atoms with van der Waals surface area (Å²) >= 11 is 0. The van der Waals surface area contributed by atoms with E-state index in [0.717, 1.165) is 34.9 Å². The molecule has 2 nitrogen and oxygen atoms in total. The van der Waals surface area contributed by atoms with E-state index in [1.165, 1.54) is 11.1 Å². The number of carbonyl (C=O) groups excluding carboxylic acids is 1. The van der Waals surface area contributed by atoms with Crippen LogP contribution in [-0.2, 0) is 4.79 Å². The van der Waals surface area contributed by atoms with Gasteiger partial charge < -0.3 is 9.78 Å². The lowest BCUT2D eigenvalue weighted by Crippen LogP contribution is -2.09. The Morgan fingerprint density at radius 2 is 1.37 bits per heavy atom. The molecule has 0 saturated carbocycles. The number of aromatic amines is 1. The highest BCUT2D eigenvalue weighted by Gasteiger charge is 2.26. The van der Waals surface area contributed by atoms with Gasteiger partial charge in [0.1, 0.15) is 6.29 Å². The van der Waals surface area contributed by atoms with Gasteiger partial charge in [-0.3, -0.25) is 0 Å². The third-order valence-electron chi connectivity index (χ3n) is 5.31. The molecule has 0 bridgehead atoms. The number of hydrogen-bond acceptors (Lipinski definition) is 1. The SMILES string of the molecule is CC[C@@H](C=O)c1c(C(c2ccccc2)c2ccccc2)[nH]c2ccccc12. The van der Waals surface area contributed by atoms with Gasteiger partial charge in [-0.2, -0.15) is 0 Å². The van der Waals surface area contributed by atoms with Crippen LogP contribution in [0.4, 0.5) is 0 Å². The Morgan fingerprint density at radius 3 is 1.93 bits per heavy atom. The topological polar surface area (TPSA) is 32.9 Å². The molecule has 0 spiro atoms. The highest BCUT2D eigenvalue weighted by Crippen LogP contribution is 2.40. The second-order valence-electron chi connectivity index (χ2n) is 6.90. The van der Waals surface area contributed by atoms with Crippen molar-refractivity contribution in [3.8, 4) is 0 Å². The molecule has 4 rings (SSSR count). The number of carbonyl (C=O) groups is 1. The Labute approximate surface area is 159 Å². The fourth-order valence-electron chi connectivity index (χ4n) is 4.00. The average molecular weight is 353 g/mol. The van der Waals surface area contributed by atoms with Crippen molar-refractivity contribution >= 4 is 17.2 Å².